The number of carbonyl (C=O) groups is 1. The fraction of sp³-hybridized carbons (Fsp3) is 0.533. The number of phenolic OH excluding ortho intramolecular Hbond substituents is 1. The standard InChI is InChI=1S/C15H22N2O2/c1-3-12(2)16-8-10-17(11-9-16)15(19)13-4-6-14(18)7-5-13/h4-7,12,18H,3,8-11H2,1-2H3. The summed E-state index contributed by atoms with van der Waals surface area (Å²) in [4.78, 5) is 16.6. The number of nitrogens with zero attached hydrogens (tertiary/aromatic N) is 2. The van der Waals surface area contributed by atoms with Crippen molar-refractivity contribution in [3.05, 3.63) is 29.8 Å². The Kier molecular flexibility index (Phi) is 4.43. The van der Waals surface area contributed by atoms with Crippen LogP contribution in [0.4, 0.5) is 0 Å². The predicted octanol–water partition coefficient (Wildman–Crippen LogP) is 1.95. The van der Waals surface area contributed by atoms with E-state index in [2.05, 4.69) is 18.7 Å². The van der Waals surface area contributed by atoms with Crippen molar-refractivity contribution >= 4 is 5.91 Å². The summed E-state index contributed by atoms with van der Waals surface area (Å²) in [6.07, 6.45) is 1.14. The van der Waals surface area contributed by atoms with Crippen LogP contribution >= 0.6 is 0 Å². The molecule has 4 heteroatoms. The van der Waals surface area contributed by atoms with E-state index in [-0.39, 0.29) is 11.7 Å². The van der Waals surface area contributed by atoms with Crippen molar-refractivity contribution in [3.8, 4) is 5.75 Å². The van der Waals surface area contributed by atoms with E-state index in [4.69, 9.17) is 0 Å². The molecule has 1 N–H and O–H groups in total. The van der Waals surface area contributed by atoms with Crippen LogP contribution in [0.5, 0.6) is 5.75 Å². The second-order valence-electron chi connectivity index (χ2n) is 5.13. The summed E-state index contributed by atoms with van der Waals surface area (Å²) in [6.45, 7) is 7.88. The van der Waals surface area contributed by atoms with Crippen LogP contribution in [0.25, 0.3) is 0 Å². The van der Waals surface area contributed by atoms with Crippen LogP contribution < -0.4 is 0 Å². The molecule has 1 heterocycles. The molecule has 0 spiro atoms. The molecule has 0 radical (unpaired) electrons. The third-order valence-corrected chi connectivity index (χ3v) is 3.93. The van der Waals surface area contributed by atoms with E-state index in [1.807, 2.05) is 4.90 Å². The summed E-state index contributed by atoms with van der Waals surface area (Å²) in [6, 6.07) is 7.06. The molecule has 0 saturated carbocycles. The number of rotatable bonds is 3. The Morgan fingerprint density at radius 1 is 1.21 bits per heavy atom. The van der Waals surface area contributed by atoms with Gasteiger partial charge in [-0.05, 0) is 37.6 Å². The maximum absolute atomic E-state index is 12.3. The smallest absolute Gasteiger partial charge is 0.253 e. The second kappa shape index (κ2) is 6.06. The van der Waals surface area contributed by atoms with Gasteiger partial charge in [-0.3, -0.25) is 9.69 Å². The van der Waals surface area contributed by atoms with Gasteiger partial charge in [0.2, 0.25) is 0 Å². The first-order valence-electron chi connectivity index (χ1n) is 6.94. The Hall–Kier alpha value is -1.55. The summed E-state index contributed by atoms with van der Waals surface area (Å²) in [5, 5.41) is 9.24. The Morgan fingerprint density at radius 2 is 1.79 bits per heavy atom. The van der Waals surface area contributed by atoms with Crippen LogP contribution in [0.3, 0.4) is 0 Å². The molecule has 1 aromatic carbocycles. The molecule has 4 nitrogen and oxygen atoms in total. The molecule has 1 atom stereocenters. The predicted molar refractivity (Wildman–Crippen MR) is 75.3 cm³/mol. The fourth-order valence-corrected chi connectivity index (χ4v) is 2.41. The van der Waals surface area contributed by atoms with Crippen LogP contribution in [0.2, 0.25) is 0 Å². The second-order valence-corrected chi connectivity index (χ2v) is 5.13. The molecule has 0 bridgehead atoms. The summed E-state index contributed by atoms with van der Waals surface area (Å²) in [5.74, 6) is 0.252. The van der Waals surface area contributed by atoms with Gasteiger partial charge in [0, 0.05) is 37.8 Å². The van der Waals surface area contributed by atoms with Crippen LogP contribution in [0.1, 0.15) is 30.6 Å². The molecular formula is C15H22N2O2. The minimum atomic E-state index is 0.0591. The van der Waals surface area contributed by atoms with Gasteiger partial charge >= 0.3 is 0 Å². The quantitative estimate of drug-likeness (QED) is 0.905. The van der Waals surface area contributed by atoms with Gasteiger partial charge in [-0.1, -0.05) is 6.92 Å². The van der Waals surface area contributed by atoms with Crippen molar-refractivity contribution in [3.63, 3.8) is 0 Å². The normalized spacial score (nSPS) is 18.3. The van der Waals surface area contributed by atoms with E-state index in [9.17, 15) is 9.90 Å². The average molecular weight is 262 g/mol. The zero-order chi connectivity index (χ0) is 13.8. The highest BCUT2D eigenvalue weighted by molar-refractivity contribution is 5.94. The molecule has 19 heavy (non-hydrogen) atoms. The van der Waals surface area contributed by atoms with E-state index < -0.39 is 0 Å². The summed E-state index contributed by atoms with van der Waals surface area (Å²) in [7, 11) is 0. The Balaban J connectivity index is 1.94. The van der Waals surface area contributed by atoms with Gasteiger partial charge in [0.05, 0.1) is 0 Å². The molecule has 1 unspecified atom stereocenters. The van der Waals surface area contributed by atoms with E-state index >= 15 is 0 Å². The third-order valence-electron chi connectivity index (χ3n) is 3.93. The molecule has 1 aliphatic heterocycles. The highest BCUT2D eigenvalue weighted by atomic mass is 16.3. The van der Waals surface area contributed by atoms with E-state index in [0.717, 1.165) is 32.6 Å². The topological polar surface area (TPSA) is 43.8 Å². The molecule has 0 aromatic heterocycles. The molecule has 104 valence electrons. The minimum absolute atomic E-state index is 0.0591. The first kappa shape index (κ1) is 13.9. The molecule has 1 aromatic rings. The number of aromatic hydroxyl groups is 1. The molecular weight excluding hydrogens is 240 g/mol. The number of phenols is 1. The third kappa shape index (κ3) is 3.26. The number of hydrogen-bond acceptors (Lipinski definition) is 3. The number of carbonyl (C=O) groups excluding carboxylic acids is 1. The van der Waals surface area contributed by atoms with Crippen molar-refractivity contribution in [1.82, 2.24) is 9.80 Å². The number of benzene rings is 1. The molecule has 1 aliphatic rings. The molecule has 1 fully saturated rings. The maximum atomic E-state index is 12.3. The van der Waals surface area contributed by atoms with E-state index in [0.29, 0.717) is 11.6 Å². The fourth-order valence-electron chi connectivity index (χ4n) is 2.41. The average Bonchev–Trinajstić information content (AvgIpc) is 2.46. The summed E-state index contributed by atoms with van der Waals surface area (Å²) >= 11 is 0. The van der Waals surface area contributed by atoms with Gasteiger partial charge in [-0.2, -0.15) is 0 Å². The zero-order valence-electron chi connectivity index (χ0n) is 11.7. The van der Waals surface area contributed by atoms with Crippen molar-refractivity contribution in [2.75, 3.05) is 26.2 Å². The van der Waals surface area contributed by atoms with Crippen LogP contribution in [0, 0.1) is 0 Å². The number of piperazine rings is 1. The first-order chi connectivity index (χ1) is 9.11. The summed E-state index contributed by atoms with van der Waals surface area (Å²) < 4.78 is 0. The molecule has 2 rings (SSSR count). The van der Waals surface area contributed by atoms with Crippen molar-refractivity contribution in [1.29, 1.82) is 0 Å². The number of amides is 1. The lowest BCUT2D eigenvalue weighted by Gasteiger charge is -2.37. The van der Waals surface area contributed by atoms with Gasteiger partial charge in [0.25, 0.3) is 5.91 Å². The van der Waals surface area contributed by atoms with Gasteiger partial charge < -0.3 is 10.0 Å². The van der Waals surface area contributed by atoms with Gasteiger partial charge in [0.1, 0.15) is 5.75 Å². The lowest BCUT2D eigenvalue weighted by atomic mass is 10.1. The molecule has 1 amide bonds. The Morgan fingerprint density at radius 3 is 2.32 bits per heavy atom. The van der Waals surface area contributed by atoms with Crippen LogP contribution in [-0.4, -0.2) is 53.0 Å². The SMILES string of the molecule is CCC(C)N1CCN(C(=O)c2ccc(O)cc2)CC1. The van der Waals surface area contributed by atoms with Gasteiger partial charge in [0.15, 0.2) is 0 Å². The largest absolute Gasteiger partial charge is 0.508 e. The van der Waals surface area contributed by atoms with Crippen molar-refractivity contribution < 1.29 is 9.90 Å². The first-order valence-corrected chi connectivity index (χ1v) is 6.94. The van der Waals surface area contributed by atoms with Crippen molar-refractivity contribution in [2.24, 2.45) is 0 Å². The molecule has 1 saturated heterocycles. The van der Waals surface area contributed by atoms with E-state index in [1.165, 1.54) is 0 Å². The van der Waals surface area contributed by atoms with E-state index in [1.54, 1.807) is 24.3 Å². The van der Waals surface area contributed by atoms with Gasteiger partial charge in [-0.25, -0.2) is 0 Å². The Labute approximate surface area is 114 Å². The number of hydrogen-bond donors (Lipinski definition) is 1. The Bertz CT molecular complexity index is 422. The monoisotopic (exact) mass is 262 g/mol. The minimum Gasteiger partial charge on any atom is -0.508 e. The van der Waals surface area contributed by atoms with Crippen LogP contribution in [-0.2, 0) is 0 Å². The highest BCUT2D eigenvalue weighted by Gasteiger charge is 2.23. The zero-order valence-corrected chi connectivity index (χ0v) is 11.7. The lowest BCUT2D eigenvalue weighted by molar-refractivity contribution is 0.0579. The summed E-state index contributed by atoms with van der Waals surface area (Å²) in [5.41, 5.74) is 0.648. The van der Waals surface area contributed by atoms with Crippen LogP contribution in [0.15, 0.2) is 24.3 Å². The maximum Gasteiger partial charge on any atom is 0.253 e. The highest BCUT2D eigenvalue weighted by Crippen LogP contribution is 2.14. The van der Waals surface area contributed by atoms with Crippen molar-refractivity contribution in [2.45, 2.75) is 26.3 Å². The lowest BCUT2D eigenvalue weighted by Crippen LogP contribution is -2.51. The molecule has 0 aliphatic carbocycles. The van der Waals surface area contributed by atoms with Gasteiger partial charge in [-0.15, -0.1) is 0 Å².